The second-order valence-corrected chi connectivity index (χ2v) is 7.52. The number of anilines is 1. The van der Waals surface area contributed by atoms with Crippen molar-refractivity contribution in [2.24, 2.45) is 0 Å². The first-order chi connectivity index (χ1) is 13.3. The number of rotatable bonds is 8. The molecule has 9 heteroatoms. The van der Waals surface area contributed by atoms with Gasteiger partial charge in [0, 0.05) is 13.7 Å². The van der Waals surface area contributed by atoms with Crippen molar-refractivity contribution >= 4 is 27.6 Å². The lowest BCUT2D eigenvalue weighted by Crippen LogP contribution is -2.28. The van der Waals surface area contributed by atoms with E-state index in [4.69, 9.17) is 4.74 Å². The van der Waals surface area contributed by atoms with E-state index in [0.717, 1.165) is 0 Å². The molecule has 150 valence electrons. The van der Waals surface area contributed by atoms with Gasteiger partial charge in [-0.25, -0.2) is 13.2 Å². The van der Waals surface area contributed by atoms with Crippen molar-refractivity contribution in [3.05, 3.63) is 59.2 Å². The van der Waals surface area contributed by atoms with Crippen LogP contribution in [0.25, 0.3) is 0 Å². The Kier molecular flexibility index (Phi) is 7.13. The van der Waals surface area contributed by atoms with Gasteiger partial charge in [-0.1, -0.05) is 18.2 Å². The van der Waals surface area contributed by atoms with Crippen LogP contribution < -0.4 is 10.0 Å². The Balaban J connectivity index is 2.35. The monoisotopic (exact) mass is 406 g/mol. The lowest BCUT2D eigenvalue weighted by Gasteiger charge is -2.14. The fourth-order valence-electron chi connectivity index (χ4n) is 2.47. The molecule has 0 aliphatic rings. The van der Waals surface area contributed by atoms with E-state index in [0.29, 0.717) is 12.2 Å². The van der Waals surface area contributed by atoms with E-state index in [1.807, 2.05) is 0 Å². The SMILES string of the molecule is COCCNC(=O)c1ccccc1NS(=O)(=O)c1cc(C(=O)OC)ccc1C. The number of carbonyl (C=O) groups excluding carboxylic acids is 2. The van der Waals surface area contributed by atoms with Crippen LogP contribution in [0.15, 0.2) is 47.4 Å². The van der Waals surface area contributed by atoms with Crippen LogP contribution in [0.1, 0.15) is 26.3 Å². The molecule has 1 amide bonds. The number of hydrogen-bond acceptors (Lipinski definition) is 6. The number of nitrogens with one attached hydrogen (secondary N) is 2. The minimum Gasteiger partial charge on any atom is -0.465 e. The minimum absolute atomic E-state index is 0.0787. The number of para-hydroxylation sites is 1. The summed E-state index contributed by atoms with van der Waals surface area (Å²) in [6, 6.07) is 10.5. The zero-order valence-corrected chi connectivity index (χ0v) is 16.6. The lowest BCUT2D eigenvalue weighted by atomic mass is 10.1. The standard InChI is InChI=1S/C19H22N2O6S/c1-13-8-9-14(19(23)27-3)12-17(13)28(24,25)21-16-7-5-4-6-15(16)18(22)20-10-11-26-2/h4-9,12,21H,10-11H2,1-3H3,(H,20,22). The van der Waals surface area contributed by atoms with Gasteiger partial charge in [0.2, 0.25) is 0 Å². The number of esters is 1. The third-order valence-corrected chi connectivity index (χ3v) is 5.41. The van der Waals surface area contributed by atoms with E-state index < -0.39 is 21.9 Å². The van der Waals surface area contributed by atoms with Crippen LogP contribution in [0.3, 0.4) is 0 Å². The minimum atomic E-state index is -4.05. The summed E-state index contributed by atoms with van der Waals surface area (Å²) in [7, 11) is -1.32. The van der Waals surface area contributed by atoms with Gasteiger partial charge >= 0.3 is 5.97 Å². The smallest absolute Gasteiger partial charge is 0.337 e. The number of benzene rings is 2. The Hall–Kier alpha value is -2.91. The quantitative estimate of drug-likeness (QED) is 0.512. The van der Waals surface area contributed by atoms with Crippen molar-refractivity contribution in [1.82, 2.24) is 5.32 Å². The summed E-state index contributed by atoms with van der Waals surface area (Å²) in [6.45, 7) is 2.23. The van der Waals surface area contributed by atoms with Crippen LogP contribution >= 0.6 is 0 Å². The van der Waals surface area contributed by atoms with Crippen molar-refractivity contribution in [2.75, 3.05) is 32.1 Å². The molecule has 2 rings (SSSR count). The van der Waals surface area contributed by atoms with Gasteiger partial charge in [0.25, 0.3) is 15.9 Å². The highest BCUT2D eigenvalue weighted by molar-refractivity contribution is 7.92. The summed E-state index contributed by atoms with van der Waals surface area (Å²) in [5.74, 6) is -1.08. The van der Waals surface area contributed by atoms with Gasteiger partial charge in [0.05, 0.1) is 35.4 Å². The number of ether oxygens (including phenoxy) is 2. The predicted molar refractivity (Wildman–Crippen MR) is 104 cm³/mol. The fourth-order valence-corrected chi connectivity index (χ4v) is 3.82. The summed E-state index contributed by atoms with van der Waals surface area (Å²) >= 11 is 0. The van der Waals surface area contributed by atoms with Gasteiger partial charge in [-0.15, -0.1) is 0 Å². The third kappa shape index (κ3) is 5.08. The maximum Gasteiger partial charge on any atom is 0.337 e. The largest absolute Gasteiger partial charge is 0.465 e. The Labute approximate surface area is 163 Å². The fraction of sp³-hybridized carbons (Fsp3) is 0.263. The molecule has 2 aromatic rings. The van der Waals surface area contributed by atoms with Crippen molar-refractivity contribution in [3.8, 4) is 0 Å². The van der Waals surface area contributed by atoms with Gasteiger partial charge in [-0.2, -0.15) is 0 Å². The number of aryl methyl sites for hydroxylation is 1. The molecule has 2 aromatic carbocycles. The van der Waals surface area contributed by atoms with Crippen LogP contribution in [0.5, 0.6) is 0 Å². The average molecular weight is 406 g/mol. The molecule has 0 aliphatic heterocycles. The van der Waals surface area contributed by atoms with Gasteiger partial charge in [-0.05, 0) is 36.8 Å². The van der Waals surface area contributed by atoms with Crippen molar-refractivity contribution in [1.29, 1.82) is 0 Å². The molecule has 2 N–H and O–H groups in total. The number of sulfonamides is 1. The third-order valence-electron chi connectivity index (χ3n) is 3.91. The Morgan fingerprint density at radius 3 is 2.46 bits per heavy atom. The maximum atomic E-state index is 12.9. The molecule has 0 aromatic heterocycles. The number of carbonyl (C=O) groups is 2. The Morgan fingerprint density at radius 2 is 1.79 bits per heavy atom. The summed E-state index contributed by atoms with van der Waals surface area (Å²) in [6.07, 6.45) is 0. The van der Waals surface area contributed by atoms with E-state index in [-0.39, 0.29) is 28.3 Å². The van der Waals surface area contributed by atoms with E-state index in [2.05, 4.69) is 14.8 Å². The first-order valence-corrected chi connectivity index (χ1v) is 9.86. The normalized spacial score (nSPS) is 11.0. The lowest BCUT2D eigenvalue weighted by molar-refractivity contribution is 0.0600. The summed E-state index contributed by atoms with van der Waals surface area (Å²) in [5, 5.41) is 2.65. The van der Waals surface area contributed by atoms with Gasteiger partial charge in [0.1, 0.15) is 0 Å². The molecule has 0 unspecified atom stereocenters. The predicted octanol–water partition coefficient (Wildman–Crippen LogP) is 1.96. The van der Waals surface area contributed by atoms with Crippen molar-refractivity contribution in [2.45, 2.75) is 11.8 Å². The number of amides is 1. The second kappa shape index (κ2) is 9.34. The molecule has 0 heterocycles. The highest BCUT2D eigenvalue weighted by Gasteiger charge is 2.22. The van der Waals surface area contributed by atoms with Gasteiger partial charge in [0.15, 0.2) is 0 Å². The molecule has 0 atom stereocenters. The van der Waals surface area contributed by atoms with Crippen LogP contribution in [-0.2, 0) is 19.5 Å². The molecular formula is C19H22N2O6S. The highest BCUT2D eigenvalue weighted by Crippen LogP contribution is 2.23. The first-order valence-electron chi connectivity index (χ1n) is 8.38. The summed E-state index contributed by atoms with van der Waals surface area (Å²) in [4.78, 5) is 24.0. The molecule has 0 saturated carbocycles. The molecule has 0 bridgehead atoms. The summed E-state index contributed by atoms with van der Waals surface area (Å²) in [5.41, 5.74) is 0.852. The first kappa shape index (κ1) is 21.4. The molecule has 0 saturated heterocycles. The van der Waals surface area contributed by atoms with E-state index in [9.17, 15) is 18.0 Å². The van der Waals surface area contributed by atoms with Crippen LogP contribution in [0.2, 0.25) is 0 Å². The van der Waals surface area contributed by atoms with E-state index in [1.165, 1.54) is 44.6 Å². The highest BCUT2D eigenvalue weighted by atomic mass is 32.2. The molecule has 0 spiro atoms. The Bertz CT molecular complexity index is 972. The second-order valence-electron chi connectivity index (χ2n) is 5.87. The average Bonchev–Trinajstić information content (AvgIpc) is 2.67. The number of methoxy groups -OCH3 is 2. The summed E-state index contributed by atoms with van der Waals surface area (Å²) < 4.78 is 37.8. The van der Waals surface area contributed by atoms with Crippen molar-refractivity contribution < 1.29 is 27.5 Å². The van der Waals surface area contributed by atoms with Gasteiger partial charge < -0.3 is 14.8 Å². The van der Waals surface area contributed by atoms with E-state index in [1.54, 1.807) is 19.1 Å². The zero-order chi connectivity index (χ0) is 20.7. The molecule has 0 aliphatic carbocycles. The molecule has 28 heavy (non-hydrogen) atoms. The number of hydrogen-bond donors (Lipinski definition) is 2. The maximum absolute atomic E-state index is 12.9. The zero-order valence-electron chi connectivity index (χ0n) is 15.8. The molecular weight excluding hydrogens is 384 g/mol. The van der Waals surface area contributed by atoms with Crippen molar-refractivity contribution in [3.63, 3.8) is 0 Å². The molecule has 8 nitrogen and oxygen atoms in total. The van der Waals surface area contributed by atoms with Crippen LogP contribution in [0, 0.1) is 6.92 Å². The van der Waals surface area contributed by atoms with Crippen LogP contribution in [-0.4, -0.2) is 47.7 Å². The van der Waals surface area contributed by atoms with E-state index >= 15 is 0 Å². The van der Waals surface area contributed by atoms with Crippen LogP contribution in [0.4, 0.5) is 5.69 Å². The molecule has 0 fully saturated rings. The van der Waals surface area contributed by atoms with Gasteiger partial charge in [-0.3, -0.25) is 9.52 Å². The molecule has 0 radical (unpaired) electrons. The topological polar surface area (TPSA) is 111 Å². The Morgan fingerprint density at radius 1 is 1.07 bits per heavy atom.